The third-order valence-electron chi connectivity index (χ3n) is 16.7. The summed E-state index contributed by atoms with van der Waals surface area (Å²) in [5.74, 6) is 8.39. The molecule has 1 aromatic heterocycles. The van der Waals surface area contributed by atoms with Crippen LogP contribution in [-0.4, -0.2) is 110 Å². The number of allylic oxidation sites excluding steroid dienone is 1. The van der Waals surface area contributed by atoms with E-state index in [2.05, 4.69) is 129 Å². The van der Waals surface area contributed by atoms with Gasteiger partial charge in [0.25, 0.3) is 0 Å². The van der Waals surface area contributed by atoms with E-state index >= 15 is 0 Å². The van der Waals surface area contributed by atoms with Gasteiger partial charge in [-0.05, 0) is 164 Å². The number of hydrogen-bond acceptors (Lipinski definition) is 9. The number of fused-ring (bicyclic) bond motifs is 2. The van der Waals surface area contributed by atoms with Crippen LogP contribution in [0.4, 0.5) is 17.2 Å². The van der Waals surface area contributed by atoms with Crippen LogP contribution < -0.4 is 14.7 Å². The number of aliphatic imine (C=N–C) groups is 1. The van der Waals surface area contributed by atoms with Crippen molar-refractivity contribution < 1.29 is 0 Å². The number of pyridine rings is 1. The molecule has 3 atom stereocenters. The molecule has 3 heterocycles. The van der Waals surface area contributed by atoms with Gasteiger partial charge in [0.15, 0.2) is 5.84 Å². The minimum absolute atomic E-state index is 0.228. The lowest BCUT2D eigenvalue weighted by atomic mass is 9.77. The molecule has 4 aromatic carbocycles. The van der Waals surface area contributed by atoms with Crippen molar-refractivity contribution >= 4 is 34.4 Å². The van der Waals surface area contributed by atoms with Crippen LogP contribution in [0.1, 0.15) is 114 Å². The number of hydrogen-bond donors (Lipinski definition) is 0. The molecule has 76 heavy (non-hydrogen) atoms. The van der Waals surface area contributed by atoms with Gasteiger partial charge in [-0.15, -0.1) is 6.58 Å². The predicted molar refractivity (Wildman–Crippen MR) is 315 cm³/mol. The molecule has 2 fully saturated rings. The lowest BCUT2D eigenvalue weighted by Crippen LogP contribution is -2.53. The summed E-state index contributed by atoms with van der Waals surface area (Å²) >= 11 is 0. The van der Waals surface area contributed by atoms with E-state index in [-0.39, 0.29) is 12.1 Å². The second kappa shape index (κ2) is 24.9. The van der Waals surface area contributed by atoms with E-state index in [1.165, 1.54) is 48.2 Å². The van der Waals surface area contributed by atoms with Crippen LogP contribution in [0.5, 0.6) is 0 Å². The average molecular weight is 1010 g/mol. The molecule has 0 bridgehead atoms. The van der Waals surface area contributed by atoms with Crippen molar-refractivity contribution in [3.8, 4) is 24.0 Å². The predicted octanol–water partition coefficient (Wildman–Crippen LogP) is 11.5. The van der Waals surface area contributed by atoms with E-state index in [0.29, 0.717) is 35.8 Å². The van der Waals surface area contributed by atoms with Crippen molar-refractivity contribution in [2.75, 3.05) is 87.2 Å². The first kappa shape index (κ1) is 53.4. The highest BCUT2D eigenvalue weighted by Gasteiger charge is 2.32. The summed E-state index contributed by atoms with van der Waals surface area (Å²) in [4.78, 5) is 24.3. The minimum atomic E-state index is 0.228. The van der Waals surface area contributed by atoms with Gasteiger partial charge < -0.3 is 19.6 Å². The summed E-state index contributed by atoms with van der Waals surface area (Å²) in [6, 6.07) is 36.3. The third kappa shape index (κ3) is 11.8. The molecule has 2 aliphatic heterocycles. The first-order valence-electron chi connectivity index (χ1n) is 27.8. The van der Waals surface area contributed by atoms with Crippen molar-refractivity contribution in [3.63, 3.8) is 0 Å². The first-order chi connectivity index (χ1) is 37.1. The molecule has 0 spiro atoms. The highest BCUT2D eigenvalue weighted by Crippen LogP contribution is 2.43. The van der Waals surface area contributed by atoms with E-state index in [4.69, 9.17) is 4.98 Å². The van der Waals surface area contributed by atoms with Gasteiger partial charge in [-0.3, -0.25) is 14.8 Å². The Kier molecular flexibility index (Phi) is 17.5. The molecule has 9 rings (SSSR count). The van der Waals surface area contributed by atoms with Crippen LogP contribution in [-0.2, 0) is 25.7 Å². The highest BCUT2D eigenvalue weighted by atomic mass is 15.3. The molecule has 390 valence electrons. The SMILES string of the molecule is C=CCC#CC(=NC)N(C[C@H](C)N1CCN(c2ccc(C(C)c3ccc(N4CCN([C@H](C)CN(C(=C)c5ccc(C#N)cc5)c5ccccn5)CC4)c4c3CCCC4)c3c2CCCC3)CC1)C(=C)c1ccc(C#N)cc1. The van der Waals surface area contributed by atoms with Gasteiger partial charge in [0.05, 0.1) is 23.3 Å². The first-order valence-corrected chi connectivity index (χ1v) is 27.8. The smallest absolute Gasteiger partial charge is 0.180 e. The van der Waals surface area contributed by atoms with Gasteiger partial charge in [0, 0.05) is 126 Å². The van der Waals surface area contributed by atoms with Crippen LogP contribution in [0.25, 0.3) is 11.4 Å². The number of amidine groups is 1. The number of nitrogens with zero attached hydrogens (tertiary/aromatic N) is 10. The Morgan fingerprint density at radius 3 is 1.58 bits per heavy atom. The van der Waals surface area contributed by atoms with Crippen LogP contribution in [0.2, 0.25) is 0 Å². The summed E-state index contributed by atoms with van der Waals surface area (Å²) in [6.45, 7) is 29.4. The normalized spacial score (nSPS) is 17.1. The fraction of sp³-hybridized carbons (Fsp3) is 0.394. The zero-order valence-electron chi connectivity index (χ0n) is 45.6. The fourth-order valence-corrected chi connectivity index (χ4v) is 12.3. The van der Waals surface area contributed by atoms with Crippen molar-refractivity contribution in [3.05, 3.63) is 179 Å². The van der Waals surface area contributed by atoms with Crippen molar-refractivity contribution in [1.82, 2.24) is 19.7 Å². The zero-order chi connectivity index (χ0) is 53.1. The van der Waals surface area contributed by atoms with E-state index in [9.17, 15) is 10.5 Å². The number of piperazine rings is 2. The number of benzene rings is 4. The van der Waals surface area contributed by atoms with Crippen LogP contribution >= 0.6 is 0 Å². The maximum absolute atomic E-state index is 9.43. The minimum Gasteiger partial charge on any atom is -0.369 e. The summed E-state index contributed by atoms with van der Waals surface area (Å²) in [5, 5.41) is 18.8. The van der Waals surface area contributed by atoms with Crippen molar-refractivity contribution in [2.45, 2.75) is 96.6 Å². The van der Waals surface area contributed by atoms with Crippen LogP contribution in [0.15, 0.2) is 128 Å². The van der Waals surface area contributed by atoms with E-state index < -0.39 is 0 Å². The Balaban J connectivity index is 0.867. The maximum atomic E-state index is 9.43. The standard InChI is InChI=1S/C66H76N10/c1-8-9-10-21-65(69-7)75(51(5)55-27-23-53(44-67)24-28-55)46-48(2)71-36-40-73(41-37-71)63-33-31-57(59-17-11-13-19-61(59)63)50(4)58-32-34-64(62-20-14-12-18-60(58)62)74-42-38-72(39-43-74)49(3)47-76(66-22-15-16-35-70-66)52(6)56-29-25-54(45-68)26-30-56/h8,15-16,22-35,48-50H,1,5-6,9,11-14,17-20,36-43,46-47H2,2-4,7H3/t48-,49+,50?/m0/s1. The van der Waals surface area contributed by atoms with Gasteiger partial charge in [0.1, 0.15) is 5.82 Å². The molecule has 2 aliphatic carbocycles. The lowest BCUT2D eigenvalue weighted by molar-refractivity contribution is 0.182. The quantitative estimate of drug-likeness (QED) is 0.0415. The molecule has 4 aliphatic rings. The Bertz CT molecular complexity index is 3040. The second-order valence-corrected chi connectivity index (χ2v) is 21.2. The second-order valence-electron chi connectivity index (χ2n) is 21.2. The lowest BCUT2D eigenvalue weighted by Gasteiger charge is -2.42. The fourth-order valence-electron chi connectivity index (χ4n) is 12.3. The van der Waals surface area contributed by atoms with Gasteiger partial charge in [-0.1, -0.05) is 74.5 Å². The van der Waals surface area contributed by atoms with Gasteiger partial charge in [-0.2, -0.15) is 10.5 Å². The van der Waals surface area contributed by atoms with Gasteiger partial charge in [-0.25, -0.2) is 4.98 Å². The molecule has 0 saturated carbocycles. The van der Waals surface area contributed by atoms with Crippen molar-refractivity contribution in [2.24, 2.45) is 4.99 Å². The number of rotatable bonds is 16. The topological polar surface area (TPSA) is 92.3 Å². The molecular weight excluding hydrogens is 933 g/mol. The molecule has 1 unspecified atom stereocenters. The summed E-state index contributed by atoms with van der Waals surface area (Å²) in [6.07, 6.45) is 13.9. The van der Waals surface area contributed by atoms with Gasteiger partial charge in [0.2, 0.25) is 0 Å². The van der Waals surface area contributed by atoms with E-state index in [1.807, 2.05) is 72.9 Å². The zero-order valence-corrected chi connectivity index (χ0v) is 45.6. The van der Waals surface area contributed by atoms with Crippen LogP contribution in [0.3, 0.4) is 0 Å². The van der Waals surface area contributed by atoms with Crippen LogP contribution in [0, 0.1) is 34.5 Å². The van der Waals surface area contributed by atoms with Crippen molar-refractivity contribution in [1.29, 1.82) is 10.5 Å². The molecule has 5 aromatic rings. The molecule has 0 radical (unpaired) electrons. The Labute approximate surface area is 454 Å². The highest BCUT2D eigenvalue weighted by molar-refractivity contribution is 6.03. The summed E-state index contributed by atoms with van der Waals surface area (Å²) < 4.78 is 0. The molecular formula is C66H76N10. The number of anilines is 3. The summed E-state index contributed by atoms with van der Waals surface area (Å²) in [5.41, 5.74) is 17.3. The summed E-state index contributed by atoms with van der Waals surface area (Å²) in [7, 11) is 1.79. The molecule has 0 N–H and O–H groups in total. The molecule has 10 heteroatoms. The Morgan fingerprint density at radius 1 is 0.632 bits per heavy atom. The van der Waals surface area contributed by atoms with E-state index in [0.717, 1.165) is 113 Å². The maximum Gasteiger partial charge on any atom is 0.180 e. The monoisotopic (exact) mass is 1010 g/mol. The largest absolute Gasteiger partial charge is 0.369 e. The Hall–Kier alpha value is -7.42. The average Bonchev–Trinajstić information content (AvgIpc) is 3.48. The van der Waals surface area contributed by atoms with Gasteiger partial charge >= 0.3 is 0 Å². The number of aromatic nitrogens is 1. The third-order valence-corrected chi connectivity index (χ3v) is 16.7. The Morgan fingerprint density at radius 2 is 1.12 bits per heavy atom. The number of nitriles is 2. The molecule has 0 amide bonds. The molecule has 10 nitrogen and oxygen atoms in total. The molecule has 2 saturated heterocycles. The van der Waals surface area contributed by atoms with E-state index in [1.54, 1.807) is 29.3 Å².